The Morgan fingerprint density at radius 3 is 2.89 bits per heavy atom. The van der Waals surface area contributed by atoms with Crippen molar-refractivity contribution in [1.29, 1.82) is 0 Å². The minimum absolute atomic E-state index is 0.0206. The molecule has 27 heavy (non-hydrogen) atoms. The third kappa shape index (κ3) is 3.57. The van der Waals surface area contributed by atoms with Gasteiger partial charge in [0.1, 0.15) is 17.3 Å². The maximum absolute atomic E-state index is 12.3. The smallest absolute Gasteiger partial charge is 0.287 e. The fourth-order valence-electron chi connectivity index (χ4n) is 2.89. The van der Waals surface area contributed by atoms with Crippen LogP contribution in [0.4, 0.5) is 5.69 Å². The highest BCUT2D eigenvalue weighted by atomic mass is 16.5. The van der Waals surface area contributed by atoms with Crippen molar-refractivity contribution >= 4 is 17.5 Å². The molecule has 7 heteroatoms. The lowest BCUT2D eigenvalue weighted by molar-refractivity contribution is -0.121. The van der Waals surface area contributed by atoms with Crippen LogP contribution in [0.3, 0.4) is 0 Å². The van der Waals surface area contributed by atoms with Gasteiger partial charge < -0.3 is 18.9 Å². The van der Waals surface area contributed by atoms with Crippen LogP contribution < -0.4 is 15.0 Å². The van der Waals surface area contributed by atoms with Crippen LogP contribution in [0.5, 0.6) is 5.75 Å². The fraction of sp³-hybridized carbons (Fsp3) is 0.200. The van der Waals surface area contributed by atoms with Crippen molar-refractivity contribution in [1.82, 2.24) is 5.32 Å². The summed E-state index contributed by atoms with van der Waals surface area (Å²) in [5.74, 6) is 1.50. The van der Waals surface area contributed by atoms with Gasteiger partial charge in [-0.25, -0.2) is 0 Å². The van der Waals surface area contributed by atoms with E-state index in [9.17, 15) is 9.59 Å². The SMILES string of the molecule is Cc1ccc2c(c1)N(Cc1ccc(C(=O)NCc3ccco3)o1)C(=O)CO2. The molecule has 3 aromatic rings. The molecule has 0 spiro atoms. The molecule has 4 rings (SSSR count). The largest absolute Gasteiger partial charge is 0.482 e. The molecule has 2 aromatic heterocycles. The molecule has 0 bridgehead atoms. The Morgan fingerprint density at radius 1 is 1.19 bits per heavy atom. The minimum Gasteiger partial charge on any atom is -0.482 e. The van der Waals surface area contributed by atoms with Crippen LogP contribution in [0.1, 0.15) is 27.6 Å². The van der Waals surface area contributed by atoms with Gasteiger partial charge in [0.05, 0.1) is 25.0 Å². The standard InChI is InChI=1S/C20H18N2O5/c1-13-4-6-17-16(9-13)22(19(23)12-26-17)11-15-5-7-18(27-15)20(24)21-10-14-3-2-8-25-14/h2-9H,10-12H2,1H3,(H,21,24). The molecule has 3 heterocycles. The zero-order chi connectivity index (χ0) is 18.8. The van der Waals surface area contributed by atoms with E-state index in [1.165, 1.54) is 0 Å². The van der Waals surface area contributed by atoms with Crippen molar-refractivity contribution in [3.05, 3.63) is 71.6 Å². The molecule has 0 saturated heterocycles. The first-order chi connectivity index (χ1) is 13.1. The monoisotopic (exact) mass is 366 g/mol. The number of fused-ring (bicyclic) bond motifs is 1. The van der Waals surface area contributed by atoms with E-state index in [4.69, 9.17) is 13.6 Å². The van der Waals surface area contributed by atoms with Gasteiger partial charge in [-0.1, -0.05) is 6.07 Å². The Hall–Kier alpha value is -3.48. The molecule has 0 aliphatic carbocycles. The first kappa shape index (κ1) is 17.0. The van der Waals surface area contributed by atoms with Gasteiger partial charge in [-0.3, -0.25) is 14.5 Å². The van der Waals surface area contributed by atoms with Crippen LogP contribution in [-0.2, 0) is 17.9 Å². The van der Waals surface area contributed by atoms with Crippen molar-refractivity contribution in [3.8, 4) is 5.75 Å². The second-order valence-electron chi connectivity index (χ2n) is 6.27. The number of benzene rings is 1. The van der Waals surface area contributed by atoms with Gasteiger partial charge in [0, 0.05) is 0 Å². The number of hydrogen-bond acceptors (Lipinski definition) is 5. The number of anilines is 1. The molecule has 0 unspecified atom stereocenters. The van der Waals surface area contributed by atoms with E-state index in [1.807, 2.05) is 25.1 Å². The van der Waals surface area contributed by atoms with E-state index in [0.717, 1.165) is 5.56 Å². The summed E-state index contributed by atoms with van der Waals surface area (Å²) in [7, 11) is 0. The highest BCUT2D eigenvalue weighted by Gasteiger charge is 2.27. The Kier molecular flexibility index (Phi) is 4.42. The molecule has 138 valence electrons. The van der Waals surface area contributed by atoms with Gasteiger partial charge in [-0.05, 0) is 48.9 Å². The van der Waals surface area contributed by atoms with Gasteiger partial charge in [-0.15, -0.1) is 0 Å². The van der Waals surface area contributed by atoms with Crippen molar-refractivity contribution < 1.29 is 23.2 Å². The zero-order valence-corrected chi connectivity index (χ0v) is 14.7. The number of furan rings is 2. The van der Waals surface area contributed by atoms with E-state index in [-0.39, 0.29) is 37.3 Å². The second-order valence-corrected chi connectivity index (χ2v) is 6.27. The van der Waals surface area contributed by atoms with Crippen LogP contribution in [0, 0.1) is 6.92 Å². The van der Waals surface area contributed by atoms with Crippen LogP contribution in [0.2, 0.25) is 0 Å². The third-order valence-corrected chi connectivity index (χ3v) is 4.26. The van der Waals surface area contributed by atoms with Gasteiger partial charge >= 0.3 is 0 Å². The molecule has 0 fully saturated rings. The number of nitrogens with one attached hydrogen (secondary N) is 1. The van der Waals surface area contributed by atoms with Crippen molar-refractivity contribution in [3.63, 3.8) is 0 Å². The number of hydrogen-bond donors (Lipinski definition) is 1. The molecule has 1 N–H and O–H groups in total. The van der Waals surface area contributed by atoms with E-state index >= 15 is 0 Å². The van der Waals surface area contributed by atoms with Crippen LogP contribution in [-0.4, -0.2) is 18.4 Å². The maximum atomic E-state index is 12.3. The lowest BCUT2D eigenvalue weighted by Crippen LogP contribution is -2.38. The summed E-state index contributed by atoms with van der Waals surface area (Å²) in [6.07, 6.45) is 1.55. The molecule has 2 amide bonds. The summed E-state index contributed by atoms with van der Waals surface area (Å²) in [5, 5.41) is 2.72. The minimum atomic E-state index is -0.345. The fourth-order valence-corrected chi connectivity index (χ4v) is 2.89. The summed E-state index contributed by atoms with van der Waals surface area (Å²) in [6, 6.07) is 12.5. The van der Waals surface area contributed by atoms with Crippen molar-refractivity contribution in [2.45, 2.75) is 20.0 Å². The Morgan fingerprint density at radius 2 is 2.07 bits per heavy atom. The highest BCUT2D eigenvalue weighted by molar-refractivity contribution is 5.97. The molecule has 1 aliphatic heterocycles. The predicted octanol–water partition coefficient (Wildman–Crippen LogP) is 3.04. The predicted molar refractivity (Wildman–Crippen MR) is 96.5 cm³/mol. The quantitative estimate of drug-likeness (QED) is 0.750. The van der Waals surface area contributed by atoms with Gasteiger partial charge in [0.2, 0.25) is 0 Å². The number of ether oxygens (including phenoxy) is 1. The molecule has 1 aromatic carbocycles. The number of carbonyl (C=O) groups excluding carboxylic acids is 2. The number of nitrogens with zero attached hydrogens (tertiary/aromatic N) is 1. The third-order valence-electron chi connectivity index (χ3n) is 4.26. The van der Waals surface area contributed by atoms with Crippen LogP contribution in [0.25, 0.3) is 0 Å². The molecule has 0 saturated carbocycles. The number of aryl methyl sites for hydroxylation is 1. The van der Waals surface area contributed by atoms with Gasteiger partial charge in [0.25, 0.3) is 11.8 Å². The molecule has 0 atom stereocenters. The maximum Gasteiger partial charge on any atom is 0.287 e. The van der Waals surface area contributed by atoms with Crippen LogP contribution >= 0.6 is 0 Å². The van der Waals surface area contributed by atoms with E-state index in [2.05, 4.69) is 5.32 Å². The number of rotatable bonds is 5. The second kappa shape index (κ2) is 7.03. The first-order valence-electron chi connectivity index (χ1n) is 8.53. The summed E-state index contributed by atoms with van der Waals surface area (Å²) in [5.41, 5.74) is 1.72. The van der Waals surface area contributed by atoms with E-state index in [1.54, 1.807) is 35.4 Å². The van der Waals surface area contributed by atoms with Crippen molar-refractivity contribution in [2.24, 2.45) is 0 Å². The van der Waals surface area contributed by atoms with Crippen LogP contribution in [0.15, 0.2) is 57.6 Å². The van der Waals surface area contributed by atoms with E-state index in [0.29, 0.717) is 23.0 Å². The summed E-state index contributed by atoms with van der Waals surface area (Å²) in [6.45, 7) is 2.43. The molecule has 1 aliphatic rings. The van der Waals surface area contributed by atoms with E-state index < -0.39 is 0 Å². The Bertz CT molecular complexity index is 974. The lowest BCUT2D eigenvalue weighted by Gasteiger charge is -2.29. The highest BCUT2D eigenvalue weighted by Crippen LogP contribution is 2.34. The normalized spacial score (nSPS) is 13.2. The molecule has 7 nitrogen and oxygen atoms in total. The molecular weight excluding hydrogens is 348 g/mol. The van der Waals surface area contributed by atoms with Gasteiger partial charge in [-0.2, -0.15) is 0 Å². The Balaban J connectivity index is 1.47. The summed E-state index contributed by atoms with van der Waals surface area (Å²) >= 11 is 0. The molecular formula is C20H18N2O5. The average Bonchev–Trinajstić information content (AvgIpc) is 3.34. The first-order valence-corrected chi connectivity index (χ1v) is 8.53. The summed E-state index contributed by atoms with van der Waals surface area (Å²) < 4.78 is 16.3. The zero-order valence-electron chi connectivity index (χ0n) is 14.7. The van der Waals surface area contributed by atoms with Gasteiger partial charge in [0.15, 0.2) is 12.4 Å². The van der Waals surface area contributed by atoms with Crippen molar-refractivity contribution in [2.75, 3.05) is 11.5 Å². The summed E-state index contributed by atoms with van der Waals surface area (Å²) in [4.78, 5) is 26.1. The molecule has 0 radical (unpaired) electrons. The number of carbonyl (C=O) groups is 2. The lowest BCUT2D eigenvalue weighted by atomic mass is 10.1. The topological polar surface area (TPSA) is 84.9 Å². The average molecular weight is 366 g/mol. The Labute approximate surface area is 155 Å². The number of amides is 2.